The first kappa shape index (κ1) is 8.61. The van der Waals surface area contributed by atoms with E-state index in [-0.39, 0.29) is 0 Å². The summed E-state index contributed by atoms with van der Waals surface area (Å²) in [5.41, 5.74) is 6.73. The third-order valence-corrected chi connectivity index (χ3v) is 1.69. The molecule has 0 saturated heterocycles. The Balaban J connectivity index is 2.53. The minimum absolute atomic E-state index is 0.620. The fraction of sp³-hybridized carbons (Fsp3) is 0.300. The molecule has 0 amide bonds. The predicted molar refractivity (Wildman–Crippen MR) is 50.4 cm³/mol. The molecule has 1 aromatic heterocycles. The van der Waals surface area contributed by atoms with Gasteiger partial charge in [-0.05, 0) is 24.5 Å². The molecule has 2 N–H and O–H groups in total. The van der Waals surface area contributed by atoms with Crippen molar-refractivity contribution in [3.8, 4) is 12.3 Å². The number of nitrogen functional groups attached to an aromatic ring is 1. The van der Waals surface area contributed by atoms with Crippen LogP contribution in [0.1, 0.15) is 18.4 Å². The molecule has 0 fully saturated rings. The van der Waals surface area contributed by atoms with Gasteiger partial charge in [0.1, 0.15) is 5.82 Å². The second-order valence-corrected chi connectivity index (χ2v) is 2.61. The van der Waals surface area contributed by atoms with E-state index in [9.17, 15) is 0 Å². The Morgan fingerprint density at radius 1 is 1.58 bits per heavy atom. The SMILES string of the molecule is C#CCCCc1cccnc1N. The predicted octanol–water partition coefficient (Wildman–Crippen LogP) is 1.62. The molecule has 0 aliphatic rings. The molecule has 0 aromatic carbocycles. The van der Waals surface area contributed by atoms with Crippen LogP contribution in [0.5, 0.6) is 0 Å². The van der Waals surface area contributed by atoms with Crippen molar-refractivity contribution in [3.05, 3.63) is 23.9 Å². The highest BCUT2D eigenvalue weighted by atomic mass is 14.8. The van der Waals surface area contributed by atoms with Gasteiger partial charge < -0.3 is 5.73 Å². The first-order chi connectivity index (χ1) is 5.84. The largest absolute Gasteiger partial charge is 0.383 e. The highest BCUT2D eigenvalue weighted by Gasteiger charge is 1.96. The van der Waals surface area contributed by atoms with Crippen LogP contribution in [-0.4, -0.2) is 4.98 Å². The fourth-order valence-corrected chi connectivity index (χ4v) is 1.04. The molecule has 0 unspecified atom stereocenters. The number of nitrogens with zero attached hydrogens (tertiary/aromatic N) is 1. The van der Waals surface area contributed by atoms with E-state index in [1.807, 2.05) is 12.1 Å². The van der Waals surface area contributed by atoms with Crippen LogP contribution in [0.4, 0.5) is 5.82 Å². The maximum Gasteiger partial charge on any atom is 0.126 e. The van der Waals surface area contributed by atoms with Crippen molar-refractivity contribution in [2.24, 2.45) is 0 Å². The summed E-state index contributed by atoms with van der Waals surface area (Å²) in [4.78, 5) is 3.98. The van der Waals surface area contributed by atoms with Crippen LogP contribution in [-0.2, 0) is 6.42 Å². The first-order valence-corrected chi connectivity index (χ1v) is 3.97. The number of unbranched alkanes of at least 4 members (excludes halogenated alkanes) is 1. The van der Waals surface area contributed by atoms with Crippen LogP contribution in [0.15, 0.2) is 18.3 Å². The summed E-state index contributed by atoms with van der Waals surface area (Å²) in [6.45, 7) is 0. The Morgan fingerprint density at radius 2 is 2.42 bits per heavy atom. The zero-order chi connectivity index (χ0) is 8.81. The normalized spacial score (nSPS) is 9.25. The first-order valence-electron chi connectivity index (χ1n) is 3.97. The number of hydrogen-bond donors (Lipinski definition) is 1. The molecule has 0 spiro atoms. The van der Waals surface area contributed by atoms with Crippen molar-refractivity contribution < 1.29 is 0 Å². The lowest BCUT2D eigenvalue weighted by Crippen LogP contribution is -1.96. The zero-order valence-electron chi connectivity index (χ0n) is 6.96. The van der Waals surface area contributed by atoms with Gasteiger partial charge in [0.15, 0.2) is 0 Å². The molecule has 0 aliphatic carbocycles. The van der Waals surface area contributed by atoms with Crippen molar-refractivity contribution in [2.75, 3.05) is 5.73 Å². The molecule has 2 heteroatoms. The van der Waals surface area contributed by atoms with E-state index in [0.29, 0.717) is 5.82 Å². The average molecular weight is 160 g/mol. The smallest absolute Gasteiger partial charge is 0.126 e. The van der Waals surface area contributed by atoms with Crippen LogP contribution in [0.2, 0.25) is 0 Å². The van der Waals surface area contributed by atoms with Gasteiger partial charge in [-0.3, -0.25) is 0 Å². The lowest BCUT2D eigenvalue weighted by Gasteiger charge is -2.01. The quantitative estimate of drug-likeness (QED) is 0.539. The molecule has 12 heavy (non-hydrogen) atoms. The number of anilines is 1. The van der Waals surface area contributed by atoms with Crippen molar-refractivity contribution in [1.29, 1.82) is 0 Å². The lowest BCUT2D eigenvalue weighted by molar-refractivity contribution is 0.856. The molecule has 0 saturated carbocycles. The Bertz CT molecular complexity index is 286. The van der Waals surface area contributed by atoms with Crippen molar-refractivity contribution in [1.82, 2.24) is 4.98 Å². The van der Waals surface area contributed by atoms with Crippen LogP contribution in [0.3, 0.4) is 0 Å². The highest BCUT2D eigenvalue weighted by Crippen LogP contribution is 2.09. The van der Waals surface area contributed by atoms with Crippen LogP contribution in [0.25, 0.3) is 0 Å². The zero-order valence-corrected chi connectivity index (χ0v) is 6.96. The molecule has 1 heterocycles. The van der Waals surface area contributed by atoms with Crippen LogP contribution >= 0.6 is 0 Å². The molecule has 1 rings (SSSR count). The number of terminal acetylenes is 1. The number of aryl methyl sites for hydroxylation is 1. The minimum atomic E-state index is 0.620. The van der Waals surface area contributed by atoms with Gasteiger partial charge in [0.25, 0.3) is 0 Å². The van der Waals surface area contributed by atoms with Gasteiger partial charge in [-0.25, -0.2) is 4.98 Å². The maximum atomic E-state index is 5.64. The third-order valence-electron chi connectivity index (χ3n) is 1.69. The topological polar surface area (TPSA) is 38.9 Å². The highest BCUT2D eigenvalue weighted by molar-refractivity contribution is 5.38. The molecule has 1 aromatic rings. The van der Waals surface area contributed by atoms with Crippen molar-refractivity contribution in [2.45, 2.75) is 19.3 Å². The summed E-state index contributed by atoms with van der Waals surface area (Å²) in [5.74, 6) is 3.22. The third kappa shape index (κ3) is 2.28. The fourth-order valence-electron chi connectivity index (χ4n) is 1.04. The second kappa shape index (κ2) is 4.40. The number of nitrogens with two attached hydrogens (primary N) is 1. The summed E-state index contributed by atoms with van der Waals surface area (Å²) in [7, 11) is 0. The number of aromatic nitrogens is 1. The van der Waals surface area contributed by atoms with Gasteiger partial charge in [-0.2, -0.15) is 0 Å². The average Bonchev–Trinajstić information content (AvgIpc) is 2.09. The van der Waals surface area contributed by atoms with E-state index in [4.69, 9.17) is 12.2 Å². The molecule has 62 valence electrons. The monoisotopic (exact) mass is 160 g/mol. The summed E-state index contributed by atoms with van der Waals surface area (Å²) < 4.78 is 0. The van der Waals surface area contributed by atoms with Gasteiger partial charge >= 0.3 is 0 Å². The van der Waals surface area contributed by atoms with E-state index in [1.165, 1.54) is 0 Å². The minimum Gasteiger partial charge on any atom is -0.383 e. The number of rotatable bonds is 3. The molecule has 0 atom stereocenters. The second-order valence-electron chi connectivity index (χ2n) is 2.61. The standard InChI is InChI=1S/C10H12N2/c1-2-3-4-6-9-7-5-8-12-10(9)11/h1,5,7-8H,3-4,6H2,(H2,11,12). The Labute approximate surface area is 72.8 Å². The Kier molecular flexibility index (Phi) is 3.16. The molecular weight excluding hydrogens is 148 g/mol. The van der Waals surface area contributed by atoms with Gasteiger partial charge in [-0.1, -0.05) is 6.07 Å². The van der Waals surface area contributed by atoms with E-state index in [0.717, 1.165) is 24.8 Å². The summed E-state index contributed by atoms with van der Waals surface area (Å²) in [6, 6.07) is 3.88. The van der Waals surface area contributed by atoms with E-state index in [1.54, 1.807) is 6.20 Å². The summed E-state index contributed by atoms with van der Waals surface area (Å²) in [5, 5.41) is 0. The summed E-state index contributed by atoms with van der Waals surface area (Å²) in [6.07, 6.45) is 9.53. The van der Waals surface area contributed by atoms with Gasteiger partial charge in [0.05, 0.1) is 0 Å². The Morgan fingerprint density at radius 3 is 3.08 bits per heavy atom. The molecule has 2 nitrogen and oxygen atoms in total. The maximum absolute atomic E-state index is 5.64. The van der Waals surface area contributed by atoms with E-state index >= 15 is 0 Å². The number of hydrogen-bond acceptors (Lipinski definition) is 2. The lowest BCUT2D eigenvalue weighted by atomic mass is 10.1. The van der Waals surface area contributed by atoms with Crippen LogP contribution < -0.4 is 5.73 Å². The van der Waals surface area contributed by atoms with E-state index in [2.05, 4.69) is 10.9 Å². The summed E-state index contributed by atoms with van der Waals surface area (Å²) >= 11 is 0. The molecule has 0 aliphatic heterocycles. The van der Waals surface area contributed by atoms with Gasteiger partial charge in [-0.15, -0.1) is 12.3 Å². The number of pyridine rings is 1. The van der Waals surface area contributed by atoms with E-state index < -0.39 is 0 Å². The van der Waals surface area contributed by atoms with Crippen molar-refractivity contribution >= 4 is 5.82 Å². The Hall–Kier alpha value is -1.49. The van der Waals surface area contributed by atoms with Crippen molar-refractivity contribution in [3.63, 3.8) is 0 Å². The van der Waals surface area contributed by atoms with Gasteiger partial charge in [0, 0.05) is 12.6 Å². The van der Waals surface area contributed by atoms with Crippen LogP contribution in [0, 0.1) is 12.3 Å². The molecule has 0 radical (unpaired) electrons. The molecular formula is C10H12N2. The van der Waals surface area contributed by atoms with Gasteiger partial charge in [0.2, 0.25) is 0 Å². The molecule has 0 bridgehead atoms.